The highest BCUT2D eigenvalue weighted by molar-refractivity contribution is 5.34. The maximum absolute atomic E-state index is 11.9. The third-order valence-corrected chi connectivity index (χ3v) is 3.11. The molecule has 0 amide bonds. The van der Waals surface area contributed by atoms with Crippen molar-refractivity contribution in [1.29, 1.82) is 0 Å². The number of aryl methyl sites for hydroxylation is 1. The number of nitro benzene ring substituents is 1. The van der Waals surface area contributed by atoms with E-state index in [0.717, 1.165) is 5.56 Å². The van der Waals surface area contributed by atoms with Crippen LogP contribution in [0.4, 0.5) is 11.5 Å². The van der Waals surface area contributed by atoms with Crippen LogP contribution in [0.3, 0.4) is 0 Å². The van der Waals surface area contributed by atoms with Crippen LogP contribution in [0.15, 0.2) is 41.5 Å². The second kappa shape index (κ2) is 6.65. The summed E-state index contributed by atoms with van der Waals surface area (Å²) in [5.41, 5.74) is 0.880. The second-order valence-corrected chi connectivity index (χ2v) is 4.47. The highest BCUT2D eigenvalue weighted by atomic mass is 16.6. The van der Waals surface area contributed by atoms with Crippen LogP contribution in [-0.4, -0.2) is 21.0 Å². The quantitative estimate of drug-likeness (QED) is 0.647. The van der Waals surface area contributed by atoms with Crippen molar-refractivity contribution in [3.05, 3.63) is 62.7 Å². The molecule has 0 spiro atoms. The molecular weight excluding hydrogens is 272 g/mol. The Morgan fingerprint density at radius 3 is 2.67 bits per heavy atom. The van der Waals surface area contributed by atoms with Crippen LogP contribution in [0.1, 0.15) is 12.5 Å². The normalized spacial score (nSPS) is 10.3. The van der Waals surface area contributed by atoms with Gasteiger partial charge in [0.25, 0.3) is 11.2 Å². The summed E-state index contributed by atoms with van der Waals surface area (Å²) in [4.78, 5) is 26.1. The number of benzene rings is 1. The van der Waals surface area contributed by atoms with E-state index in [1.54, 1.807) is 29.1 Å². The molecule has 0 bridgehead atoms. The van der Waals surface area contributed by atoms with E-state index in [9.17, 15) is 14.9 Å². The van der Waals surface area contributed by atoms with E-state index in [4.69, 9.17) is 0 Å². The monoisotopic (exact) mass is 288 g/mol. The number of nitrogens with one attached hydrogen (secondary N) is 1. The molecule has 0 atom stereocenters. The lowest BCUT2D eigenvalue weighted by molar-refractivity contribution is -0.384. The van der Waals surface area contributed by atoms with Gasteiger partial charge in [-0.25, -0.2) is 4.98 Å². The van der Waals surface area contributed by atoms with Gasteiger partial charge in [0.05, 0.1) is 4.92 Å². The van der Waals surface area contributed by atoms with Crippen molar-refractivity contribution >= 4 is 11.5 Å². The first-order chi connectivity index (χ1) is 10.1. The molecule has 0 fully saturated rings. The fourth-order valence-corrected chi connectivity index (χ4v) is 1.93. The molecular formula is C14H16N4O3. The van der Waals surface area contributed by atoms with E-state index < -0.39 is 4.92 Å². The van der Waals surface area contributed by atoms with E-state index in [-0.39, 0.29) is 11.2 Å². The van der Waals surface area contributed by atoms with Crippen LogP contribution in [-0.2, 0) is 13.0 Å². The summed E-state index contributed by atoms with van der Waals surface area (Å²) in [7, 11) is 0. The number of hydrogen-bond acceptors (Lipinski definition) is 5. The number of nitro groups is 1. The van der Waals surface area contributed by atoms with Gasteiger partial charge in [-0.2, -0.15) is 0 Å². The Hall–Kier alpha value is -2.70. The summed E-state index contributed by atoms with van der Waals surface area (Å²) in [5, 5.41) is 13.6. The zero-order valence-corrected chi connectivity index (χ0v) is 11.7. The van der Waals surface area contributed by atoms with Gasteiger partial charge in [-0.05, 0) is 18.9 Å². The Morgan fingerprint density at radius 1 is 1.33 bits per heavy atom. The summed E-state index contributed by atoms with van der Waals surface area (Å²) in [6, 6.07) is 6.37. The number of rotatable bonds is 6. The Morgan fingerprint density at radius 2 is 2.05 bits per heavy atom. The zero-order valence-electron chi connectivity index (χ0n) is 11.7. The lowest BCUT2D eigenvalue weighted by atomic mass is 10.1. The molecule has 0 unspecified atom stereocenters. The average Bonchev–Trinajstić information content (AvgIpc) is 2.49. The standard InChI is InChI=1S/C14H16N4O3/c1-2-17-10-9-16-13(14(17)19)15-8-7-11-3-5-12(6-4-11)18(20)21/h3-6,9-10H,2,7-8H2,1H3,(H,15,16). The van der Waals surface area contributed by atoms with E-state index in [0.29, 0.717) is 25.3 Å². The van der Waals surface area contributed by atoms with Crippen LogP contribution in [0.5, 0.6) is 0 Å². The molecule has 0 aliphatic heterocycles. The van der Waals surface area contributed by atoms with Crippen molar-refractivity contribution in [1.82, 2.24) is 9.55 Å². The minimum atomic E-state index is -0.427. The van der Waals surface area contributed by atoms with Crippen molar-refractivity contribution in [2.24, 2.45) is 0 Å². The largest absolute Gasteiger partial charge is 0.365 e. The third kappa shape index (κ3) is 3.65. The van der Waals surface area contributed by atoms with E-state index >= 15 is 0 Å². The molecule has 1 aromatic carbocycles. The first-order valence-corrected chi connectivity index (χ1v) is 6.64. The number of aromatic nitrogens is 2. The molecule has 0 saturated heterocycles. The zero-order chi connectivity index (χ0) is 15.2. The Labute approximate surface area is 121 Å². The van der Waals surface area contributed by atoms with Gasteiger partial charge in [0.1, 0.15) is 0 Å². The van der Waals surface area contributed by atoms with Gasteiger partial charge in [0, 0.05) is 37.6 Å². The minimum Gasteiger partial charge on any atom is -0.365 e. The highest BCUT2D eigenvalue weighted by Gasteiger charge is 2.05. The molecule has 1 heterocycles. The molecule has 110 valence electrons. The molecule has 21 heavy (non-hydrogen) atoms. The van der Waals surface area contributed by atoms with Crippen molar-refractivity contribution in [3.63, 3.8) is 0 Å². The van der Waals surface area contributed by atoms with Gasteiger partial charge in [0.2, 0.25) is 0 Å². The Kier molecular flexibility index (Phi) is 4.65. The first-order valence-electron chi connectivity index (χ1n) is 6.64. The van der Waals surface area contributed by atoms with Crippen molar-refractivity contribution < 1.29 is 4.92 Å². The topological polar surface area (TPSA) is 90.1 Å². The Balaban J connectivity index is 1.95. The first kappa shape index (κ1) is 14.7. The lowest BCUT2D eigenvalue weighted by Gasteiger charge is -2.07. The molecule has 2 rings (SSSR count). The van der Waals surface area contributed by atoms with Crippen LogP contribution in [0, 0.1) is 10.1 Å². The molecule has 0 aliphatic rings. The van der Waals surface area contributed by atoms with Gasteiger partial charge in [-0.15, -0.1) is 0 Å². The van der Waals surface area contributed by atoms with Crippen molar-refractivity contribution in [3.8, 4) is 0 Å². The van der Waals surface area contributed by atoms with E-state index in [2.05, 4.69) is 10.3 Å². The number of non-ortho nitro benzene ring substituents is 1. The van der Waals surface area contributed by atoms with Gasteiger partial charge in [-0.1, -0.05) is 12.1 Å². The lowest BCUT2D eigenvalue weighted by Crippen LogP contribution is -2.24. The maximum atomic E-state index is 11.9. The number of anilines is 1. The predicted octanol–water partition coefficient (Wildman–Crippen LogP) is 1.83. The van der Waals surface area contributed by atoms with Gasteiger partial charge in [0.15, 0.2) is 5.82 Å². The molecule has 1 aromatic heterocycles. The Bertz CT molecular complexity index is 679. The summed E-state index contributed by atoms with van der Waals surface area (Å²) >= 11 is 0. The third-order valence-electron chi connectivity index (χ3n) is 3.11. The molecule has 2 aromatic rings. The van der Waals surface area contributed by atoms with Gasteiger partial charge >= 0.3 is 0 Å². The molecule has 0 saturated carbocycles. The van der Waals surface area contributed by atoms with Gasteiger partial charge in [-0.3, -0.25) is 14.9 Å². The number of nitrogens with zero attached hydrogens (tertiary/aromatic N) is 3. The summed E-state index contributed by atoms with van der Waals surface area (Å²) in [6.45, 7) is 3.02. The fourth-order valence-electron chi connectivity index (χ4n) is 1.93. The summed E-state index contributed by atoms with van der Waals surface area (Å²) in [5.74, 6) is 0.321. The highest BCUT2D eigenvalue weighted by Crippen LogP contribution is 2.12. The van der Waals surface area contributed by atoms with E-state index in [1.165, 1.54) is 12.1 Å². The molecule has 0 radical (unpaired) electrons. The van der Waals surface area contributed by atoms with Gasteiger partial charge < -0.3 is 9.88 Å². The predicted molar refractivity (Wildman–Crippen MR) is 79.5 cm³/mol. The fraction of sp³-hybridized carbons (Fsp3) is 0.286. The van der Waals surface area contributed by atoms with Crippen LogP contribution in [0.2, 0.25) is 0 Å². The smallest absolute Gasteiger partial charge is 0.293 e. The molecule has 0 aliphatic carbocycles. The van der Waals surface area contributed by atoms with Crippen LogP contribution >= 0.6 is 0 Å². The summed E-state index contributed by atoms with van der Waals surface area (Å²) < 4.78 is 1.57. The summed E-state index contributed by atoms with van der Waals surface area (Å²) in [6.07, 6.45) is 3.88. The SMILES string of the molecule is CCn1ccnc(NCCc2ccc([N+](=O)[O-])cc2)c1=O. The molecule has 7 nitrogen and oxygen atoms in total. The average molecular weight is 288 g/mol. The van der Waals surface area contributed by atoms with Crippen LogP contribution < -0.4 is 10.9 Å². The molecule has 7 heteroatoms. The number of hydrogen-bond donors (Lipinski definition) is 1. The second-order valence-electron chi connectivity index (χ2n) is 4.47. The maximum Gasteiger partial charge on any atom is 0.293 e. The van der Waals surface area contributed by atoms with Crippen LogP contribution in [0.25, 0.3) is 0 Å². The van der Waals surface area contributed by atoms with E-state index in [1.807, 2.05) is 6.92 Å². The minimum absolute atomic E-state index is 0.0715. The van der Waals surface area contributed by atoms with Crippen molar-refractivity contribution in [2.75, 3.05) is 11.9 Å². The van der Waals surface area contributed by atoms with Crippen molar-refractivity contribution in [2.45, 2.75) is 19.9 Å². The molecule has 1 N–H and O–H groups in total.